The zero-order chi connectivity index (χ0) is 9.97. The molecule has 1 aliphatic heterocycles. The minimum absolute atomic E-state index is 0.690. The Bertz CT molecular complexity index is 309. The summed E-state index contributed by atoms with van der Waals surface area (Å²) < 4.78 is 0. The number of hydrogen-bond acceptors (Lipinski definition) is 2. The van der Waals surface area contributed by atoms with E-state index in [1.807, 2.05) is 0 Å². The van der Waals surface area contributed by atoms with Crippen molar-refractivity contribution in [3.63, 3.8) is 0 Å². The first-order valence-electron chi connectivity index (χ1n) is 5.31. The van der Waals surface area contributed by atoms with Crippen LogP contribution in [-0.4, -0.2) is 19.6 Å². The van der Waals surface area contributed by atoms with Gasteiger partial charge in [-0.2, -0.15) is 0 Å². The smallest absolute Gasteiger partial charge is 0.0368 e. The van der Waals surface area contributed by atoms with E-state index in [9.17, 15) is 0 Å². The third kappa shape index (κ3) is 1.90. The molecule has 0 saturated carbocycles. The Labute approximate surface area is 85.7 Å². The van der Waals surface area contributed by atoms with Gasteiger partial charge in [0.25, 0.3) is 0 Å². The highest BCUT2D eigenvalue weighted by molar-refractivity contribution is 5.49. The predicted molar refractivity (Wildman–Crippen MR) is 60.6 cm³/mol. The lowest BCUT2D eigenvalue weighted by Crippen LogP contribution is -2.22. The second kappa shape index (κ2) is 4.01. The van der Waals surface area contributed by atoms with Gasteiger partial charge in [0.2, 0.25) is 0 Å². The highest BCUT2D eigenvalue weighted by atomic mass is 15.2. The molecule has 76 valence electrons. The van der Waals surface area contributed by atoms with Crippen LogP contribution in [0.1, 0.15) is 12.0 Å². The van der Waals surface area contributed by atoms with Crippen LogP contribution in [0.25, 0.3) is 0 Å². The van der Waals surface area contributed by atoms with Crippen molar-refractivity contribution in [1.82, 2.24) is 0 Å². The third-order valence-corrected chi connectivity index (χ3v) is 2.99. The number of anilines is 1. The summed E-state index contributed by atoms with van der Waals surface area (Å²) in [6, 6.07) is 8.70. The summed E-state index contributed by atoms with van der Waals surface area (Å²) in [5.41, 5.74) is 8.36. The number of nitrogens with zero attached hydrogens (tertiary/aromatic N) is 1. The van der Waals surface area contributed by atoms with E-state index in [1.165, 1.54) is 17.7 Å². The zero-order valence-corrected chi connectivity index (χ0v) is 8.74. The van der Waals surface area contributed by atoms with Gasteiger partial charge in [0.15, 0.2) is 0 Å². The minimum atomic E-state index is 0.690. The fourth-order valence-electron chi connectivity index (χ4n) is 2.08. The molecule has 0 radical (unpaired) electrons. The summed E-state index contributed by atoms with van der Waals surface area (Å²) in [5.74, 6) is 0.690. The molecule has 1 heterocycles. The number of benzene rings is 1. The van der Waals surface area contributed by atoms with Gasteiger partial charge in [-0.25, -0.2) is 0 Å². The van der Waals surface area contributed by atoms with Crippen LogP contribution in [-0.2, 0) is 0 Å². The van der Waals surface area contributed by atoms with Crippen molar-refractivity contribution in [2.75, 3.05) is 24.5 Å². The summed E-state index contributed by atoms with van der Waals surface area (Å²) in [5, 5.41) is 0. The van der Waals surface area contributed by atoms with Gasteiger partial charge in [-0.15, -0.1) is 0 Å². The molecule has 2 rings (SSSR count). The van der Waals surface area contributed by atoms with E-state index in [2.05, 4.69) is 36.1 Å². The zero-order valence-electron chi connectivity index (χ0n) is 8.74. The van der Waals surface area contributed by atoms with E-state index in [0.29, 0.717) is 5.92 Å². The summed E-state index contributed by atoms with van der Waals surface area (Å²) in [4.78, 5) is 2.44. The Balaban J connectivity index is 2.09. The predicted octanol–water partition coefficient (Wildman–Crippen LogP) is 1.78. The Hall–Kier alpha value is -1.02. The normalized spacial score (nSPS) is 21.6. The molecule has 1 atom stereocenters. The van der Waals surface area contributed by atoms with Crippen molar-refractivity contribution in [1.29, 1.82) is 0 Å². The van der Waals surface area contributed by atoms with Crippen LogP contribution in [0.2, 0.25) is 0 Å². The molecule has 1 aromatic carbocycles. The molecule has 1 fully saturated rings. The van der Waals surface area contributed by atoms with E-state index >= 15 is 0 Å². The number of hydrogen-bond donors (Lipinski definition) is 1. The van der Waals surface area contributed by atoms with E-state index in [1.54, 1.807) is 0 Å². The summed E-state index contributed by atoms with van der Waals surface area (Å²) in [6.07, 6.45) is 1.24. The van der Waals surface area contributed by atoms with Crippen molar-refractivity contribution in [3.05, 3.63) is 29.8 Å². The second-order valence-electron chi connectivity index (χ2n) is 4.18. The maximum atomic E-state index is 5.68. The third-order valence-electron chi connectivity index (χ3n) is 2.99. The largest absolute Gasteiger partial charge is 0.371 e. The van der Waals surface area contributed by atoms with Crippen molar-refractivity contribution >= 4 is 5.69 Å². The summed E-state index contributed by atoms with van der Waals surface area (Å²) in [7, 11) is 0. The average Bonchev–Trinajstić information content (AvgIpc) is 2.66. The lowest BCUT2D eigenvalue weighted by molar-refractivity contribution is 0.602. The van der Waals surface area contributed by atoms with E-state index in [4.69, 9.17) is 5.73 Å². The van der Waals surface area contributed by atoms with E-state index in [0.717, 1.165) is 19.6 Å². The molecule has 0 aliphatic carbocycles. The summed E-state index contributed by atoms with van der Waals surface area (Å²) in [6.45, 7) is 5.24. The van der Waals surface area contributed by atoms with Gasteiger partial charge in [-0.1, -0.05) is 12.1 Å². The second-order valence-corrected chi connectivity index (χ2v) is 4.18. The first-order valence-corrected chi connectivity index (χ1v) is 5.31. The van der Waals surface area contributed by atoms with Gasteiger partial charge in [0.05, 0.1) is 0 Å². The lowest BCUT2D eigenvalue weighted by Gasteiger charge is -2.18. The van der Waals surface area contributed by atoms with Crippen LogP contribution in [0.4, 0.5) is 5.69 Å². The van der Waals surface area contributed by atoms with Crippen molar-refractivity contribution in [2.45, 2.75) is 13.3 Å². The fraction of sp³-hybridized carbons (Fsp3) is 0.500. The SMILES string of the molecule is Cc1cccc(N2CC[C@H](CN)C2)c1. The van der Waals surface area contributed by atoms with Crippen LogP contribution in [0, 0.1) is 12.8 Å². The molecule has 0 spiro atoms. The Morgan fingerprint density at radius 2 is 2.36 bits per heavy atom. The van der Waals surface area contributed by atoms with E-state index < -0.39 is 0 Å². The van der Waals surface area contributed by atoms with Crippen LogP contribution in [0.5, 0.6) is 0 Å². The number of rotatable bonds is 2. The van der Waals surface area contributed by atoms with E-state index in [-0.39, 0.29) is 0 Å². The van der Waals surface area contributed by atoms with Gasteiger partial charge in [0, 0.05) is 18.8 Å². The molecule has 0 unspecified atom stereocenters. The van der Waals surface area contributed by atoms with Gasteiger partial charge in [-0.05, 0) is 43.5 Å². The van der Waals surface area contributed by atoms with Crippen molar-refractivity contribution in [2.24, 2.45) is 11.7 Å². The molecule has 1 aliphatic rings. The molecule has 0 amide bonds. The van der Waals surface area contributed by atoms with Crippen molar-refractivity contribution in [3.8, 4) is 0 Å². The number of aryl methyl sites for hydroxylation is 1. The van der Waals surface area contributed by atoms with Crippen LogP contribution >= 0.6 is 0 Å². The molecule has 2 N–H and O–H groups in total. The molecule has 2 heteroatoms. The quantitative estimate of drug-likeness (QED) is 0.770. The Morgan fingerprint density at radius 3 is 3.00 bits per heavy atom. The van der Waals surface area contributed by atoms with Crippen LogP contribution < -0.4 is 10.6 Å². The first-order chi connectivity index (χ1) is 6.79. The van der Waals surface area contributed by atoms with Crippen LogP contribution in [0.3, 0.4) is 0 Å². The maximum Gasteiger partial charge on any atom is 0.0368 e. The minimum Gasteiger partial charge on any atom is -0.371 e. The highest BCUT2D eigenvalue weighted by Gasteiger charge is 2.20. The molecule has 0 aromatic heterocycles. The molecule has 2 nitrogen and oxygen atoms in total. The molecular weight excluding hydrogens is 172 g/mol. The van der Waals surface area contributed by atoms with Gasteiger partial charge < -0.3 is 10.6 Å². The molecule has 14 heavy (non-hydrogen) atoms. The number of nitrogens with two attached hydrogens (primary N) is 1. The molecule has 0 bridgehead atoms. The lowest BCUT2D eigenvalue weighted by atomic mass is 10.1. The maximum absolute atomic E-state index is 5.68. The molecule has 1 aromatic rings. The Kier molecular flexibility index (Phi) is 2.73. The fourth-order valence-corrected chi connectivity index (χ4v) is 2.08. The highest BCUT2D eigenvalue weighted by Crippen LogP contribution is 2.23. The van der Waals surface area contributed by atoms with Gasteiger partial charge >= 0.3 is 0 Å². The standard InChI is InChI=1S/C12H18N2/c1-10-3-2-4-12(7-10)14-6-5-11(8-13)9-14/h2-4,7,11H,5-6,8-9,13H2,1H3/t11-/m1/s1. The average molecular weight is 190 g/mol. The topological polar surface area (TPSA) is 29.3 Å². The van der Waals surface area contributed by atoms with Crippen LogP contribution in [0.15, 0.2) is 24.3 Å². The molecular formula is C12H18N2. The van der Waals surface area contributed by atoms with Gasteiger partial charge in [0.1, 0.15) is 0 Å². The summed E-state index contributed by atoms with van der Waals surface area (Å²) >= 11 is 0. The molecule has 1 saturated heterocycles. The Morgan fingerprint density at radius 1 is 1.50 bits per heavy atom. The first kappa shape index (κ1) is 9.53. The van der Waals surface area contributed by atoms with Crippen molar-refractivity contribution < 1.29 is 0 Å². The van der Waals surface area contributed by atoms with Gasteiger partial charge in [-0.3, -0.25) is 0 Å². The monoisotopic (exact) mass is 190 g/mol.